The Morgan fingerprint density at radius 3 is 2.62 bits per heavy atom. The number of imidazole rings is 1. The van der Waals surface area contributed by atoms with Crippen molar-refractivity contribution in [2.75, 3.05) is 5.75 Å². The number of hydrogen-bond acceptors (Lipinski definition) is 4. The van der Waals surface area contributed by atoms with Gasteiger partial charge in [0.1, 0.15) is 0 Å². The molecule has 0 atom stereocenters. The molecule has 1 aromatic carbocycles. The first-order valence-corrected chi connectivity index (χ1v) is 8.02. The molecule has 0 fully saturated rings. The smallest absolute Gasteiger partial charge is 0.318 e. The zero-order valence-electron chi connectivity index (χ0n) is 12.8. The van der Waals surface area contributed by atoms with Crippen molar-refractivity contribution >= 4 is 23.1 Å². The molecule has 24 heavy (non-hydrogen) atoms. The molecule has 0 aliphatic carbocycles. The lowest BCUT2D eigenvalue weighted by atomic mass is 10.1. The lowest BCUT2D eigenvalue weighted by Gasteiger charge is -2.15. The second kappa shape index (κ2) is 5.97. The van der Waals surface area contributed by atoms with Crippen LogP contribution in [0.2, 0.25) is 0 Å². The Hall–Kier alpha value is -2.29. The Labute approximate surface area is 139 Å². The first kappa shape index (κ1) is 16.6. The number of benzene rings is 1. The van der Waals surface area contributed by atoms with Crippen LogP contribution in [0.1, 0.15) is 12.5 Å². The van der Waals surface area contributed by atoms with Gasteiger partial charge in [-0.1, -0.05) is 25.1 Å². The van der Waals surface area contributed by atoms with Gasteiger partial charge in [-0.15, -0.1) is 0 Å². The Kier molecular flexibility index (Phi) is 4.12. The third-order valence-electron chi connectivity index (χ3n) is 3.43. The van der Waals surface area contributed by atoms with E-state index in [9.17, 15) is 18.0 Å². The van der Waals surface area contributed by atoms with Gasteiger partial charge in [0, 0.05) is 18.4 Å². The fraction of sp³-hybridized carbons (Fsp3) is 0.267. The Morgan fingerprint density at radius 1 is 1.25 bits per heavy atom. The summed E-state index contributed by atoms with van der Waals surface area (Å²) in [5, 5.41) is 0. The molecular weight excluding hydrogens is 341 g/mol. The van der Waals surface area contributed by atoms with Crippen molar-refractivity contribution in [3.63, 3.8) is 0 Å². The molecule has 0 unspecified atom stereocenters. The average Bonchev–Trinajstić information content (AvgIpc) is 2.91. The standard InChI is InChI=1S/C15H13F3N4OS/c1-3-24-22-12(9-6-4-5-7-10(9)15(16,17)18)20-13-11(14(22)23)19-8-21(13)2/h4-8H,3H2,1-2H3. The van der Waals surface area contributed by atoms with E-state index in [1.165, 1.54) is 33.1 Å². The van der Waals surface area contributed by atoms with Gasteiger partial charge in [0.15, 0.2) is 17.0 Å². The third-order valence-corrected chi connectivity index (χ3v) is 4.28. The molecule has 0 bridgehead atoms. The average molecular weight is 354 g/mol. The number of fused-ring (bicyclic) bond motifs is 1. The molecule has 0 aliphatic rings. The third kappa shape index (κ3) is 2.68. The van der Waals surface area contributed by atoms with Crippen LogP contribution in [0.25, 0.3) is 22.6 Å². The zero-order chi connectivity index (χ0) is 17.5. The fourth-order valence-corrected chi connectivity index (χ4v) is 3.11. The predicted octanol–water partition coefficient (Wildman–Crippen LogP) is 3.33. The zero-order valence-corrected chi connectivity index (χ0v) is 13.6. The summed E-state index contributed by atoms with van der Waals surface area (Å²) in [6.45, 7) is 1.80. The molecule has 0 aliphatic heterocycles. The monoisotopic (exact) mass is 354 g/mol. The minimum absolute atomic E-state index is 0.0316. The first-order chi connectivity index (χ1) is 11.3. The van der Waals surface area contributed by atoms with E-state index in [-0.39, 0.29) is 22.6 Å². The molecule has 0 spiro atoms. The largest absolute Gasteiger partial charge is 0.417 e. The maximum atomic E-state index is 13.3. The number of halogens is 3. The van der Waals surface area contributed by atoms with Crippen molar-refractivity contribution in [1.82, 2.24) is 18.5 Å². The topological polar surface area (TPSA) is 52.7 Å². The molecule has 5 nitrogen and oxygen atoms in total. The minimum Gasteiger partial charge on any atom is -0.318 e. The van der Waals surface area contributed by atoms with Crippen molar-refractivity contribution in [2.45, 2.75) is 13.1 Å². The molecule has 126 valence electrons. The quantitative estimate of drug-likeness (QED) is 0.724. The van der Waals surface area contributed by atoms with E-state index in [1.54, 1.807) is 14.0 Å². The number of aromatic nitrogens is 4. The van der Waals surface area contributed by atoms with Crippen LogP contribution in [-0.4, -0.2) is 24.3 Å². The van der Waals surface area contributed by atoms with Crippen molar-refractivity contribution in [3.05, 3.63) is 46.5 Å². The van der Waals surface area contributed by atoms with Gasteiger partial charge in [-0.25, -0.2) is 13.9 Å². The fourth-order valence-electron chi connectivity index (χ4n) is 2.39. The maximum Gasteiger partial charge on any atom is 0.417 e. The summed E-state index contributed by atoms with van der Waals surface area (Å²) in [7, 11) is 1.64. The number of hydrogen-bond donors (Lipinski definition) is 0. The van der Waals surface area contributed by atoms with E-state index in [0.29, 0.717) is 5.75 Å². The van der Waals surface area contributed by atoms with Gasteiger partial charge in [-0.2, -0.15) is 13.2 Å². The van der Waals surface area contributed by atoms with Gasteiger partial charge < -0.3 is 4.57 Å². The van der Waals surface area contributed by atoms with Crippen molar-refractivity contribution in [2.24, 2.45) is 7.05 Å². The summed E-state index contributed by atoms with van der Waals surface area (Å²) in [6, 6.07) is 5.10. The van der Waals surface area contributed by atoms with E-state index in [0.717, 1.165) is 18.0 Å². The van der Waals surface area contributed by atoms with Gasteiger partial charge in [0.25, 0.3) is 5.56 Å². The Bertz CT molecular complexity index is 961. The van der Waals surface area contributed by atoms with Crippen molar-refractivity contribution < 1.29 is 13.2 Å². The van der Waals surface area contributed by atoms with Crippen molar-refractivity contribution in [1.29, 1.82) is 0 Å². The molecule has 0 saturated carbocycles. The van der Waals surface area contributed by atoms with Gasteiger partial charge in [-0.05, 0) is 18.0 Å². The van der Waals surface area contributed by atoms with E-state index < -0.39 is 17.3 Å². The van der Waals surface area contributed by atoms with E-state index >= 15 is 0 Å². The van der Waals surface area contributed by atoms with Gasteiger partial charge in [0.2, 0.25) is 0 Å². The maximum absolute atomic E-state index is 13.3. The highest BCUT2D eigenvalue weighted by molar-refractivity contribution is 7.97. The van der Waals surface area contributed by atoms with Gasteiger partial charge >= 0.3 is 6.18 Å². The summed E-state index contributed by atoms with van der Waals surface area (Å²) >= 11 is 1.09. The molecule has 0 radical (unpaired) electrons. The van der Waals surface area contributed by atoms with Gasteiger partial charge in [0.05, 0.1) is 11.9 Å². The molecule has 9 heteroatoms. The van der Waals surface area contributed by atoms with Crippen molar-refractivity contribution in [3.8, 4) is 11.4 Å². The molecule has 3 rings (SSSR count). The molecule has 3 aromatic rings. The lowest BCUT2D eigenvalue weighted by Crippen LogP contribution is -2.21. The second-order valence-electron chi connectivity index (χ2n) is 5.02. The van der Waals surface area contributed by atoms with Crippen LogP contribution in [-0.2, 0) is 13.2 Å². The highest BCUT2D eigenvalue weighted by atomic mass is 32.2. The summed E-state index contributed by atoms with van der Waals surface area (Å²) in [6.07, 6.45) is -3.13. The second-order valence-corrected chi connectivity index (χ2v) is 6.22. The summed E-state index contributed by atoms with van der Waals surface area (Å²) in [5.74, 6) is 0.470. The highest BCUT2D eigenvalue weighted by Crippen LogP contribution is 2.36. The minimum atomic E-state index is -4.54. The number of aryl methyl sites for hydroxylation is 1. The molecule has 2 heterocycles. The number of alkyl halides is 3. The van der Waals surface area contributed by atoms with Gasteiger partial charge in [-0.3, -0.25) is 4.79 Å². The molecule has 0 amide bonds. The predicted molar refractivity (Wildman–Crippen MR) is 86.7 cm³/mol. The molecule has 0 saturated heterocycles. The summed E-state index contributed by atoms with van der Waals surface area (Å²) in [5.41, 5.74) is -1.05. The Morgan fingerprint density at radius 2 is 1.96 bits per heavy atom. The van der Waals surface area contributed by atoms with Crippen LogP contribution in [0, 0.1) is 0 Å². The first-order valence-electron chi connectivity index (χ1n) is 7.08. The van der Waals surface area contributed by atoms with Crippen LogP contribution in [0.5, 0.6) is 0 Å². The van der Waals surface area contributed by atoms with Crippen LogP contribution < -0.4 is 5.56 Å². The van der Waals surface area contributed by atoms with Crippen LogP contribution in [0.4, 0.5) is 13.2 Å². The van der Waals surface area contributed by atoms with E-state index in [4.69, 9.17) is 0 Å². The molecule has 0 N–H and O–H groups in total. The molecule has 2 aromatic heterocycles. The number of rotatable bonds is 3. The SMILES string of the molecule is CCSn1c(-c2ccccc2C(F)(F)F)nc2c(ncn2C)c1=O. The van der Waals surface area contributed by atoms with Crippen LogP contribution >= 0.6 is 11.9 Å². The van der Waals surface area contributed by atoms with E-state index in [1.807, 2.05) is 0 Å². The lowest BCUT2D eigenvalue weighted by molar-refractivity contribution is -0.137. The Balaban J connectivity index is 2.40. The highest BCUT2D eigenvalue weighted by Gasteiger charge is 2.34. The van der Waals surface area contributed by atoms with Crippen LogP contribution in [0.15, 0.2) is 35.4 Å². The van der Waals surface area contributed by atoms with Crippen LogP contribution in [0.3, 0.4) is 0 Å². The van der Waals surface area contributed by atoms with E-state index in [2.05, 4.69) is 9.97 Å². The summed E-state index contributed by atoms with van der Waals surface area (Å²) < 4.78 is 42.7. The summed E-state index contributed by atoms with van der Waals surface area (Å²) in [4.78, 5) is 20.9. The normalized spacial score (nSPS) is 12.0. The molecular formula is C15H13F3N4OS. The number of nitrogens with zero attached hydrogens (tertiary/aromatic N) is 4.